The molecule has 2 fully saturated rings. The molecule has 130 valence electrons. The van der Waals surface area contributed by atoms with Crippen LogP contribution in [0, 0.1) is 5.92 Å². The highest BCUT2D eigenvalue weighted by molar-refractivity contribution is 5.81. The van der Waals surface area contributed by atoms with Gasteiger partial charge in [0.2, 0.25) is 11.9 Å². The minimum absolute atomic E-state index is 0.0410. The average molecular weight is 339 g/mol. The summed E-state index contributed by atoms with van der Waals surface area (Å²) in [6.07, 6.45) is 8.44. The van der Waals surface area contributed by atoms with Gasteiger partial charge in [-0.3, -0.25) is 9.78 Å². The lowest BCUT2D eigenvalue weighted by molar-refractivity contribution is -0.132. The summed E-state index contributed by atoms with van der Waals surface area (Å²) in [6, 6.07) is 5.62. The SMILES string of the molecule is O=C(NCc1cccnc1)[C@@H]1C[C@H]2CCN(c3ncccn3)C[C@H]2O1. The Morgan fingerprint density at radius 1 is 1.28 bits per heavy atom. The molecule has 1 amide bonds. The maximum atomic E-state index is 12.4. The molecule has 7 heteroatoms. The zero-order valence-corrected chi connectivity index (χ0v) is 13.9. The van der Waals surface area contributed by atoms with Crippen LogP contribution >= 0.6 is 0 Å². The summed E-state index contributed by atoms with van der Waals surface area (Å²) in [7, 11) is 0. The van der Waals surface area contributed by atoms with Crippen LogP contribution < -0.4 is 10.2 Å². The Hall–Kier alpha value is -2.54. The molecule has 4 rings (SSSR count). The third kappa shape index (κ3) is 3.61. The van der Waals surface area contributed by atoms with Crippen LogP contribution in [0.25, 0.3) is 0 Å². The molecule has 4 heterocycles. The molecule has 2 aliphatic rings. The first-order valence-electron chi connectivity index (χ1n) is 8.63. The Morgan fingerprint density at radius 3 is 2.96 bits per heavy atom. The van der Waals surface area contributed by atoms with E-state index in [1.807, 2.05) is 18.2 Å². The van der Waals surface area contributed by atoms with Crippen molar-refractivity contribution in [3.63, 3.8) is 0 Å². The van der Waals surface area contributed by atoms with Crippen LogP contribution in [-0.2, 0) is 16.1 Å². The summed E-state index contributed by atoms with van der Waals surface area (Å²) in [4.78, 5) is 27.2. The number of hydrogen-bond donors (Lipinski definition) is 1. The van der Waals surface area contributed by atoms with Crippen molar-refractivity contribution in [2.45, 2.75) is 31.6 Å². The Labute approximate surface area is 146 Å². The predicted molar refractivity (Wildman–Crippen MR) is 91.7 cm³/mol. The molecule has 0 radical (unpaired) electrons. The lowest BCUT2D eigenvalue weighted by atomic mass is 9.92. The molecule has 2 aliphatic heterocycles. The highest BCUT2D eigenvalue weighted by atomic mass is 16.5. The van der Waals surface area contributed by atoms with Gasteiger partial charge in [0.05, 0.1) is 6.10 Å². The third-order valence-electron chi connectivity index (χ3n) is 4.87. The van der Waals surface area contributed by atoms with Gasteiger partial charge >= 0.3 is 0 Å². The highest BCUT2D eigenvalue weighted by Crippen LogP contribution is 2.34. The number of amides is 1. The molecule has 25 heavy (non-hydrogen) atoms. The maximum Gasteiger partial charge on any atom is 0.249 e. The number of nitrogens with one attached hydrogen (secondary N) is 1. The van der Waals surface area contributed by atoms with Crippen LogP contribution in [0.3, 0.4) is 0 Å². The molecule has 7 nitrogen and oxygen atoms in total. The minimum Gasteiger partial charge on any atom is -0.363 e. The van der Waals surface area contributed by atoms with Gasteiger partial charge < -0.3 is 15.0 Å². The average Bonchev–Trinajstić information content (AvgIpc) is 3.11. The zero-order valence-electron chi connectivity index (χ0n) is 13.9. The predicted octanol–water partition coefficient (Wildman–Crippen LogP) is 1.17. The summed E-state index contributed by atoms with van der Waals surface area (Å²) in [6.45, 7) is 2.12. The standard InChI is InChI=1S/C18H21N5O2/c24-17(22-11-13-3-1-5-19-10-13)15-9-14-4-8-23(12-16(14)25-15)18-20-6-2-7-21-18/h1-3,5-7,10,14-16H,4,8-9,11-12H2,(H,22,24)/t14-,15+,16-/m1/s1. The Bertz CT molecular complexity index is 712. The van der Waals surface area contributed by atoms with E-state index in [1.54, 1.807) is 24.8 Å². The zero-order chi connectivity index (χ0) is 17.1. The van der Waals surface area contributed by atoms with Crippen molar-refractivity contribution in [2.24, 2.45) is 5.92 Å². The van der Waals surface area contributed by atoms with Crippen LogP contribution in [0.2, 0.25) is 0 Å². The highest BCUT2D eigenvalue weighted by Gasteiger charge is 2.42. The number of piperidine rings is 1. The van der Waals surface area contributed by atoms with E-state index in [-0.39, 0.29) is 18.1 Å². The lowest BCUT2D eigenvalue weighted by Crippen LogP contribution is -2.43. The molecule has 0 spiro atoms. The van der Waals surface area contributed by atoms with Crippen molar-refractivity contribution < 1.29 is 9.53 Å². The summed E-state index contributed by atoms with van der Waals surface area (Å²) in [5, 5.41) is 2.95. The molecule has 0 saturated carbocycles. The van der Waals surface area contributed by atoms with Crippen molar-refractivity contribution in [3.8, 4) is 0 Å². The number of hydrogen-bond acceptors (Lipinski definition) is 6. The van der Waals surface area contributed by atoms with E-state index in [2.05, 4.69) is 25.2 Å². The fourth-order valence-corrected chi connectivity index (χ4v) is 3.54. The molecule has 0 unspecified atom stereocenters. The second-order valence-corrected chi connectivity index (χ2v) is 6.52. The second kappa shape index (κ2) is 7.14. The van der Waals surface area contributed by atoms with Gasteiger partial charge in [-0.2, -0.15) is 0 Å². The number of carbonyl (C=O) groups is 1. The van der Waals surface area contributed by atoms with Crippen molar-refractivity contribution >= 4 is 11.9 Å². The molecular formula is C18H21N5O2. The fraction of sp³-hybridized carbons (Fsp3) is 0.444. The van der Waals surface area contributed by atoms with E-state index in [9.17, 15) is 4.79 Å². The monoisotopic (exact) mass is 339 g/mol. The fourth-order valence-electron chi connectivity index (χ4n) is 3.54. The van der Waals surface area contributed by atoms with Gasteiger partial charge in [-0.1, -0.05) is 6.07 Å². The molecule has 1 N–H and O–H groups in total. The normalized spacial score (nSPS) is 25.4. The first-order chi connectivity index (χ1) is 12.3. The smallest absolute Gasteiger partial charge is 0.249 e. The van der Waals surface area contributed by atoms with Crippen LogP contribution in [0.5, 0.6) is 0 Å². The van der Waals surface area contributed by atoms with E-state index >= 15 is 0 Å². The summed E-state index contributed by atoms with van der Waals surface area (Å²) in [5.41, 5.74) is 0.985. The number of anilines is 1. The van der Waals surface area contributed by atoms with E-state index < -0.39 is 0 Å². The van der Waals surface area contributed by atoms with E-state index in [0.29, 0.717) is 12.5 Å². The number of rotatable bonds is 4. The first-order valence-corrected chi connectivity index (χ1v) is 8.63. The molecule has 0 bridgehead atoms. The number of nitrogens with zero attached hydrogens (tertiary/aromatic N) is 4. The van der Waals surface area contributed by atoms with Crippen molar-refractivity contribution in [3.05, 3.63) is 48.5 Å². The molecule has 2 aromatic heterocycles. The second-order valence-electron chi connectivity index (χ2n) is 6.52. The van der Waals surface area contributed by atoms with E-state index in [1.165, 1.54) is 0 Å². The molecule has 0 aromatic carbocycles. The van der Waals surface area contributed by atoms with Crippen molar-refractivity contribution in [1.29, 1.82) is 0 Å². The largest absolute Gasteiger partial charge is 0.363 e. The quantitative estimate of drug-likeness (QED) is 0.901. The van der Waals surface area contributed by atoms with Crippen LogP contribution in [0.15, 0.2) is 43.0 Å². The number of ether oxygens (including phenoxy) is 1. The third-order valence-corrected chi connectivity index (χ3v) is 4.87. The van der Waals surface area contributed by atoms with Gasteiger partial charge in [0, 0.05) is 44.4 Å². The Balaban J connectivity index is 1.32. The summed E-state index contributed by atoms with van der Waals surface area (Å²) >= 11 is 0. The topological polar surface area (TPSA) is 80.2 Å². The number of fused-ring (bicyclic) bond motifs is 1. The molecule has 3 atom stereocenters. The lowest BCUT2D eigenvalue weighted by Gasteiger charge is -2.33. The summed E-state index contributed by atoms with van der Waals surface area (Å²) < 4.78 is 6.04. The van der Waals surface area contributed by atoms with Crippen LogP contribution in [0.1, 0.15) is 18.4 Å². The van der Waals surface area contributed by atoms with Gasteiger partial charge in [-0.05, 0) is 36.5 Å². The van der Waals surface area contributed by atoms with Gasteiger partial charge in [0.25, 0.3) is 0 Å². The number of pyridine rings is 1. The number of aromatic nitrogens is 3. The van der Waals surface area contributed by atoms with Gasteiger partial charge in [-0.15, -0.1) is 0 Å². The van der Waals surface area contributed by atoms with Gasteiger partial charge in [0.1, 0.15) is 6.10 Å². The molecular weight excluding hydrogens is 318 g/mol. The summed E-state index contributed by atoms with van der Waals surface area (Å²) in [5.74, 6) is 1.11. The Morgan fingerprint density at radius 2 is 2.16 bits per heavy atom. The van der Waals surface area contributed by atoms with Crippen molar-refractivity contribution in [1.82, 2.24) is 20.3 Å². The van der Waals surface area contributed by atoms with E-state index in [4.69, 9.17) is 4.74 Å². The molecule has 2 saturated heterocycles. The van der Waals surface area contributed by atoms with Crippen LogP contribution in [-0.4, -0.2) is 46.2 Å². The van der Waals surface area contributed by atoms with Crippen molar-refractivity contribution in [2.75, 3.05) is 18.0 Å². The van der Waals surface area contributed by atoms with Gasteiger partial charge in [-0.25, -0.2) is 9.97 Å². The first kappa shape index (κ1) is 16.0. The number of carbonyl (C=O) groups excluding carboxylic acids is 1. The molecule has 2 aromatic rings. The maximum absolute atomic E-state index is 12.4. The van der Waals surface area contributed by atoms with Gasteiger partial charge in [0.15, 0.2) is 0 Å². The minimum atomic E-state index is -0.372. The van der Waals surface area contributed by atoms with Crippen LogP contribution in [0.4, 0.5) is 5.95 Å². The molecule has 0 aliphatic carbocycles. The van der Waals surface area contributed by atoms with E-state index in [0.717, 1.165) is 37.4 Å². The Kier molecular flexibility index (Phi) is 4.56.